The Kier molecular flexibility index (Phi) is 4.65. The van der Waals surface area contributed by atoms with Gasteiger partial charge in [0.2, 0.25) is 0 Å². The fraction of sp³-hybridized carbons (Fsp3) is 0.455. The largest absolute Gasteiger partial charge is 0.417 e. The number of benzene rings is 1. The van der Waals surface area contributed by atoms with Gasteiger partial charge in [0, 0.05) is 16.7 Å². The van der Waals surface area contributed by atoms with Crippen LogP contribution in [-0.4, -0.2) is 6.54 Å². The van der Waals surface area contributed by atoms with Crippen molar-refractivity contribution in [3.05, 3.63) is 28.2 Å². The van der Waals surface area contributed by atoms with E-state index in [1.165, 1.54) is 12.1 Å². The molecule has 0 aliphatic rings. The van der Waals surface area contributed by atoms with Crippen molar-refractivity contribution in [2.24, 2.45) is 0 Å². The monoisotopic (exact) mass is 295 g/mol. The van der Waals surface area contributed by atoms with Crippen molar-refractivity contribution < 1.29 is 13.2 Å². The molecule has 0 saturated carbocycles. The summed E-state index contributed by atoms with van der Waals surface area (Å²) in [5.41, 5.74) is 0.0573. The van der Waals surface area contributed by atoms with Crippen LogP contribution < -0.4 is 5.32 Å². The minimum absolute atomic E-state index is 0.0708. The maximum absolute atomic E-state index is 12.4. The smallest absolute Gasteiger partial charge is 0.385 e. The van der Waals surface area contributed by atoms with Gasteiger partial charge in [0.15, 0.2) is 0 Å². The Morgan fingerprint density at radius 1 is 1.31 bits per heavy atom. The van der Waals surface area contributed by atoms with Gasteiger partial charge in [-0.05, 0) is 24.6 Å². The topological polar surface area (TPSA) is 12.0 Å². The molecule has 1 N–H and O–H groups in total. The predicted octanol–water partition coefficient (Wildman–Crippen LogP) is 4.68. The highest BCUT2D eigenvalue weighted by molar-refractivity contribution is 9.10. The normalized spacial score (nSPS) is 11.6. The molecule has 0 unspecified atom stereocenters. The van der Waals surface area contributed by atoms with Gasteiger partial charge in [0.05, 0.1) is 5.56 Å². The molecule has 0 radical (unpaired) electrons. The van der Waals surface area contributed by atoms with Gasteiger partial charge in [0.1, 0.15) is 0 Å². The lowest BCUT2D eigenvalue weighted by Gasteiger charge is -2.11. The molecule has 0 amide bonds. The van der Waals surface area contributed by atoms with Gasteiger partial charge in [0.25, 0.3) is 0 Å². The summed E-state index contributed by atoms with van der Waals surface area (Å²) in [4.78, 5) is 0. The van der Waals surface area contributed by atoms with Crippen LogP contribution in [0.15, 0.2) is 22.7 Å². The number of anilines is 1. The Morgan fingerprint density at radius 2 is 2.00 bits per heavy atom. The second kappa shape index (κ2) is 5.57. The number of unbranched alkanes of at least 4 members (excludes halogenated alkanes) is 1. The first-order chi connectivity index (χ1) is 7.45. The molecule has 0 aliphatic heterocycles. The van der Waals surface area contributed by atoms with Crippen LogP contribution in [0.3, 0.4) is 0 Å². The third-order valence-electron chi connectivity index (χ3n) is 2.13. The van der Waals surface area contributed by atoms with Gasteiger partial charge in [-0.1, -0.05) is 29.3 Å². The highest BCUT2D eigenvalue weighted by Crippen LogP contribution is 2.35. The maximum Gasteiger partial charge on any atom is 0.417 e. The molecule has 5 heteroatoms. The lowest BCUT2D eigenvalue weighted by atomic mass is 10.2. The minimum Gasteiger partial charge on any atom is -0.385 e. The van der Waals surface area contributed by atoms with Crippen molar-refractivity contribution in [1.29, 1.82) is 0 Å². The summed E-state index contributed by atoms with van der Waals surface area (Å²) in [6, 6.07) is 3.99. The first-order valence-electron chi connectivity index (χ1n) is 5.05. The molecule has 0 aromatic heterocycles. The molecule has 0 aliphatic carbocycles. The summed E-state index contributed by atoms with van der Waals surface area (Å²) < 4.78 is 37.4. The molecule has 1 rings (SSSR count). The highest BCUT2D eigenvalue weighted by Gasteiger charge is 2.32. The lowest BCUT2D eigenvalue weighted by Crippen LogP contribution is -2.07. The quantitative estimate of drug-likeness (QED) is 0.795. The lowest BCUT2D eigenvalue weighted by molar-refractivity contribution is -0.138. The standard InChI is InChI=1S/C11H13BrF3N/c1-2-3-6-16-8-4-5-9(10(12)7-8)11(13,14)15/h4-5,7,16H,2-3,6H2,1H3. The fourth-order valence-corrected chi connectivity index (χ4v) is 1.87. The first-order valence-corrected chi connectivity index (χ1v) is 5.85. The van der Waals surface area contributed by atoms with E-state index in [9.17, 15) is 13.2 Å². The average molecular weight is 296 g/mol. The molecule has 1 nitrogen and oxygen atoms in total. The average Bonchev–Trinajstić information content (AvgIpc) is 2.16. The van der Waals surface area contributed by atoms with Crippen LogP contribution in [0.5, 0.6) is 0 Å². The number of hydrogen-bond acceptors (Lipinski definition) is 1. The molecule has 0 bridgehead atoms. The van der Waals surface area contributed by atoms with Crippen molar-refractivity contribution in [1.82, 2.24) is 0 Å². The summed E-state index contributed by atoms with van der Waals surface area (Å²) in [5.74, 6) is 0. The van der Waals surface area contributed by atoms with Crippen LogP contribution in [0, 0.1) is 0 Å². The minimum atomic E-state index is -4.30. The van der Waals surface area contributed by atoms with E-state index in [0.29, 0.717) is 5.69 Å². The number of hydrogen-bond donors (Lipinski definition) is 1. The summed E-state index contributed by atoms with van der Waals surface area (Å²) in [6.07, 6.45) is -2.26. The number of halogens is 4. The van der Waals surface area contributed by atoms with E-state index >= 15 is 0 Å². The van der Waals surface area contributed by atoms with Gasteiger partial charge in [-0.3, -0.25) is 0 Å². The Labute approximate surface area is 101 Å². The maximum atomic E-state index is 12.4. The Morgan fingerprint density at radius 3 is 2.50 bits per heavy atom. The first kappa shape index (κ1) is 13.4. The van der Waals surface area contributed by atoms with Crippen LogP contribution in [-0.2, 0) is 6.18 Å². The molecule has 16 heavy (non-hydrogen) atoms. The van der Waals surface area contributed by atoms with E-state index in [2.05, 4.69) is 28.2 Å². The second-order valence-electron chi connectivity index (χ2n) is 3.47. The molecule has 0 atom stereocenters. The Bertz CT molecular complexity index is 350. The Balaban J connectivity index is 2.75. The predicted molar refractivity (Wildman–Crippen MR) is 62.5 cm³/mol. The number of alkyl halides is 3. The molecule has 90 valence electrons. The number of nitrogens with one attached hydrogen (secondary N) is 1. The third-order valence-corrected chi connectivity index (χ3v) is 2.79. The van der Waals surface area contributed by atoms with E-state index < -0.39 is 11.7 Å². The van der Waals surface area contributed by atoms with Crippen molar-refractivity contribution in [2.45, 2.75) is 25.9 Å². The van der Waals surface area contributed by atoms with Gasteiger partial charge in [-0.15, -0.1) is 0 Å². The van der Waals surface area contributed by atoms with Gasteiger partial charge in [-0.2, -0.15) is 13.2 Å². The van der Waals surface area contributed by atoms with E-state index in [1.807, 2.05) is 0 Å². The van der Waals surface area contributed by atoms with E-state index in [4.69, 9.17) is 0 Å². The SMILES string of the molecule is CCCCNc1ccc(C(F)(F)F)c(Br)c1. The zero-order valence-electron chi connectivity index (χ0n) is 8.87. The van der Waals surface area contributed by atoms with E-state index in [1.54, 1.807) is 0 Å². The van der Waals surface area contributed by atoms with Gasteiger partial charge < -0.3 is 5.32 Å². The van der Waals surface area contributed by atoms with E-state index in [0.717, 1.165) is 25.5 Å². The molecule has 0 spiro atoms. The molecule has 0 saturated heterocycles. The van der Waals surface area contributed by atoms with Crippen molar-refractivity contribution >= 4 is 21.6 Å². The summed E-state index contributed by atoms with van der Waals surface area (Å²) in [7, 11) is 0. The van der Waals surface area contributed by atoms with Crippen LogP contribution >= 0.6 is 15.9 Å². The van der Waals surface area contributed by atoms with Crippen molar-refractivity contribution in [3.63, 3.8) is 0 Å². The zero-order valence-corrected chi connectivity index (χ0v) is 10.5. The van der Waals surface area contributed by atoms with Gasteiger partial charge >= 0.3 is 6.18 Å². The second-order valence-corrected chi connectivity index (χ2v) is 4.33. The third kappa shape index (κ3) is 3.70. The fourth-order valence-electron chi connectivity index (χ4n) is 1.26. The number of rotatable bonds is 4. The highest BCUT2D eigenvalue weighted by atomic mass is 79.9. The molecule has 0 fully saturated rings. The van der Waals surface area contributed by atoms with Crippen molar-refractivity contribution in [2.75, 3.05) is 11.9 Å². The molecule has 0 heterocycles. The summed E-state index contributed by atoms with van der Waals surface area (Å²) in [6.45, 7) is 2.83. The molecular formula is C11H13BrF3N. The summed E-state index contributed by atoms with van der Waals surface area (Å²) >= 11 is 2.93. The molecular weight excluding hydrogens is 283 g/mol. The summed E-state index contributed by atoms with van der Waals surface area (Å²) in [5, 5.41) is 3.07. The molecule has 1 aromatic carbocycles. The van der Waals surface area contributed by atoms with Crippen LogP contribution in [0.1, 0.15) is 25.3 Å². The van der Waals surface area contributed by atoms with Crippen LogP contribution in [0.2, 0.25) is 0 Å². The van der Waals surface area contributed by atoms with Gasteiger partial charge in [-0.25, -0.2) is 0 Å². The van der Waals surface area contributed by atoms with Crippen LogP contribution in [0.25, 0.3) is 0 Å². The van der Waals surface area contributed by atoms with E-state index in [-0.39, 0.29) is 4.47 Å². The zero-order chi connectivity index (χ0) is 12.2. The van der Waals surface area contributed by atoms with Crippen molar-refractivity contribution in [3.8, 4) is 0 Å². The Hall–Kier alpha value is -0.710. The molecule has 1 aromatic rings. The van der Waals surface area contributed by atoms with Crippen LogP contribution in [0.4, 0.5) is 18.9 Å².